The van der Waals surface area contributed by atoms with Crippen molar-refractivity contribution in [3.8, 4) is 5.75 Å². The highest BCUT2D eigenvalue weighted by molar-refractivity contribution is 6.32. The van der Waals surface area contributed by atoms with E-state index in [0.717, 1.165) is 0 Å². The van der Waals surface area contributed by atoms with Gasteiger partial charge in [-0.25, -0.2) is 0 Å². The average Bonchev–Trinajstić information content (AvgIpc) is 2.36. The Bertz CT molecular complexity index is 442. The number of halogens is 1. The predicted octanol–water partition coefficient (Wildman–Crippen LogP) is 2.35. The van der Waals surface area contributed by atoms with Crippen molar-refractivity contribution in [3.05, 3.63) is 29.3 Å². The Morgan fingerprint density at radius 2 is 2.00 bits per heavy atom. The molecule has 1 fully saturated rings. The van der Waals surface area contributed by atoms with Gasteiger partial charge in [-0.2, -0.15) is 0 Å². The van der Waals surface area contributed by atoms with Crippen molar-refractivity contribution in [2.24, 2.45) is 0 Å². The van der Waals surface area contributed by atoms with Crippen LogP contribution in [0.15, 0.2) is 24.3 Å². The lowest BCUT2D eigenvalue weighted by Gasteiger charge is -2.35. The van der Waals surface area contributed by atoms with Gasteiger partial charge >= 0.3 is 0 Å². The smallest absolute Gasteiger partial charge is 0.260 e. The molecule has 4 nitrogen and oxygen atoms in total. The minimum Gasteiger partial charge on any atom is -0.482 e. The van der Waals surface area contributed by atoms with Crippen molar-refractivity contribution < 1.29 is 14.3 Å². The summed E-state index contributed by atoms with van der Waals surface area (Å²) in [6, 6.07) is 7.13. The maximum absolute atomic E-state index is 12.1. The molecule has 0 bridgehead atoms. The van der Waals surface area contributed by atoms with Crippen LogP contribution < -0.4 is 4.74 Å². The molecule has 1 aliphatic heterocycles. The van der Waals surface area contributed by atoms with Gasteiger partial charge in [0, 0.05) is 13.1 Å². The number of nitrogens with zero attached hydrogens (tertiary/aromatic N) is 1. The van der Waals surface area contributed by atoms with Crippen LogP contribution in [0, 0.1) is 0 Å². The summed E-state index contributed by atoms with van der Waals surface area (Å²) >= 11 is 5.97. The third-order valence-corrected chi connectivity index (χ3v) is 3.27. The van der Waals surface area contributed by atoms with Gasteiger partial charge in [-0.3, -0.25) is 4.79 Å². The van der Waals surface area contributed by atoms with Gasteiger partial charge in [0.25, 0.3) is 5.91 Å². The van der Waals surface area contributed by atoms with Gasteiger partial charge in [-0.1, -0.05) is 23.7 Å². The van der Waals surface area contributed by atoms with Crippen LogP contribution in [0.5, 0.6) is 5.75 Å². The number of hydrogen-bond acceptors (Lipinski definition) is 3. The Hall–Kier alpha value is -1.26. The molecule has 1 aliphatic rings. The van der Waals surface area contributed by atoms with Crippen molar-refractivity contribution >= 4 is 17.5 Å². The summed E-state index contributed by atoms with van der Waals surface area (Å²) in [7, 11) is 0. The van der Waals surface area contributed by atoms with E-state index in [4.69, 9.17) is 21.1 Å². The Morgan fingerprint density at radius 3 is 2.63 bits per heavy atom. The van der Waals surface area contributed by atoms with E-state index in [1.54, 1.807) is 17.0 Å². The molecular weight excluding hydrogens is 266 g/mol. The number of carbonyl (C=O) groups excluding carboxylic acids is 1. The summed E-state index contributed by atoms with van der Waals surface area (Å²) in [5.41, 5.74) is 0. The monoisotopic (exact) mass is 283 g/mol. The van der Waals surface area contributed by atoms with E-state index >= 15 is 0 Å². The highest BCUT2D eigenvalue weighted by atomic mass is 35.5. The van der Waals surface area contributed by atoms with Crippen molar-refractivity contribution in [3.63, 3.8) is 0 Å². The van der Waals surface area contributed by atoms with E-state index in [1.807, 2.05) is 26.0 Å². The van der Waals surface area contributed by atoms with Crippen molar-refractivity contribution in [2.45, 2.75) is 26.1 Å². The number of benzene rings is 1. The lowest BCUT2D eigenvalue weighted by atomic mass is 10.2. The van der Waals surface area contributed by atoms with Gasteiger partial charge in [0.2, 0.25) is 0 Å². The van der Waals surface area contributed by atoms with E-state index in [2.05, 4.69) is 0 Å². The van der Waals surface area contributed by atoms with Gasteiger partial charge in [0.15, 0.2) is 6.61 Å². The first-order valence-corrected chi connectivity index (χ1v) is 6.74. The minimum atomic E-state index is -0.0399. The van der Waals surface area contributed by atoms with Gasteiger partial charge in [0.1, 0.15) is 5.75 Å². The number of hydrogen-bond donors (Lipinski definition) is 0. The standard InChI is InChI=1S/C14H18ClNO3/c1-10-7-16(8-11(2)19-10)14(17)9-18-13-6-4-3-5-12(13)15/h3-6,10-11H,7-9H2,1-2H3/t10-,11-/m0/s1. The number of amides is 1. The van der Waals surface area contributed by atoms with Gasteiger partial charge in [0.05, 0.1) is 17.2 Å². The van der Waals surface area contributed by atoms with Gasteiger partial charge in [-0.05, 0) is 26.0 Å². The molecule has 0 saturated carbocycles. The van der Waals surface area contributed by atoms with Crippen LogP contribution in [-0.2, 0) is 9.53 Å². The largest absolute Gasteiger partial charge is 0.482 e. The lowest BCUT2D eigenvalue weighted by Crippen LogP contribution is -2.49. The Balaban J connectivity index is 1.89. The third-order valence-electron chi connectivity index (χ3n) is 2.96. The summed E-state index contributed by atoms with van der Waals surface area (Å²) in [5, 5.41) is 0.513. The maximum atomic E-state index is 12.1. The van der Waals surface area contributed by atoms with E-state index in [0.29, 0.717) is 23.9 Å². The summed E-state index contributed by atoms with van der Waals surface area (Å²) < 4.78 is 11.1. The van der Waals surface area contributed by atoms with Crippen LogP contribution in [0.25, 0.3) is 0 Å². The van der Waals surface area contributed by atoms with E-state index in [-0.39, 0.29) is 24.7 Å². The zero-order valence-corrected chi connectivity index (χ0v) is 11.9. The molecule has 0 spiro atoms. The van der Waals surface area contributed by atoms with Gasteiger partial charge in [-0.15, -0.1) is 0 Å². The van der Waals surface area contributed by atoms with Crippen molar-refractivity contribution in [2.75, 3.05) is 19.7 Å². The fourth-order valence-electron chi connectivity index (χ4n) is 2.17. The van der Waals surface area contributed by atoms with Crippen molar-refractivity contribution in [1.82, 2.24) is 4.90 Å². The lowest BCUT2D eigenvalue weighted by molar-refractivity contribution is -0.145. The van der Waals surface area contributed by atoms with Gasteiger partial charge < -0.3 is 14.4 Å². The molecule has 1 saturated heterocycles. The fourth-order valence-corrected chi connectivity index (χ4v) is 2.36. The molecule has 2 rings (SSSR count). The first-order chi connectivity index (χ1) is 9.06. The molecule has 0 aliphatic carbocycles. The van der Waals surface area contributed by atoms with E-state index in [1.165, 1.54) is 0 Å². The number of rotatable bonds is 3. The van der Waals surface area contributed by atoms with E-state index in [9.17, 15) is 4.79 Å². The molecule has 104 valence electrons. The number of para-hydroxylation sites is 1. The van der Waals surface area contributed by atoms with E-state index < -0.39 is 0 Å². The molecule has 0 N–H and O–H groups in total. The summed E-state index contributed by atoms with van der Waals surface area (Å²) in [6.45, 7) is 5.14. The molecule has 0 unspecified atom stereocenters. The Morgan fingerprint density at radius 1 is 1.37 bits per heavy atom. The van der Waals surface area contributed by atoms with Crippen LogP contribution in [0.1, 0.15) is 13.8 Å². The van der Waals surface area contributed by atoms with Crippen LogP contribution in [0.4, 0.5) is 0 Å². The summed E-state index contributed by atoms with van der Waals surface area (Å²) in [4.78, 5) is 13.8. The zero-order valence-electron chi connectivity index (χ0n) is 11.1. The molecule has 0 radical (unpaired) electrons. The second kappa shape index (κ2) is 6.26. The fraction of sp³-hybridized carbons (Fsp3) is 0.500. The molecule has 0 aromatic heterocycles. The summed E-state index contributed by atoms with van der Waals surface area (Å²) in [6.07, 6.45) is 0.126. The molecule has 5 heteroatoms. The third kappa shape index (κ3) is 3.85. The minimum absolute atomic E-state index is 0.00315. The van der Waals surface area contributed by atoms with Crippen LogP contribution in [0.3, 0.4) is 0 Å². The molecule has 1 aromatic carbocycles. The molecule has 19 heavy (non-hydrogen) atoms. The number of ether oxygens (including phenoxy) is 2. The first kappa shape index (κ1) is 14.2. The van der Waals surface area contributed by atoms with Crippen LogP contribution in [-0.4, -0.2) is 42.7 Å². The molecule has 1 aromatic rings. The quantitative estimate of drug-likeness (QED) is 0.855. The molecule has 1 amide bonds. The Kier molecular flexibility index (Phi) is 4.66. The molecule has 1 heterocycles. The molecular formula is C14H18ClNO3. The normalized spacial score (nSPS) is 23.2. The van der Waals surface area contributed by atoms with Crippen molar-refractivity contribution in [1.29, 1.82) is 0 Å². The maximum Gasteiger partial charge on any atom is 0.260 e. The highest BCUT2D eigenvalue weighted by Gasteiger charge is 2.26. The Labute approximate surface area is 118 Å². The van der Waals surface area contributed by atoms with Crippen LogP contribution >= 0.6 is 11.6 Å². The SMILES string of the molecule is C[C@H]1CN(C(=O)COc2ccccc2Cl)C[C@H](C)O1. The first-order valence-electron chi connectivity index (χ1n) is 6.37. The topological polar surface area (TPSA) is 38.8 Å². The van der Waals surface area contributed by atoms with Crippen LogP contribution in [0.2, 0.25) is 5.02 Å². The number of morpholine rings is 1. The average molecular weight is 284 g/mol. The second-order valence-electron chi connectivity index (χ2n) is 4.78. The summed E-state index contributed by atoms with van der Waals surface area (Å²) in [5.74, 6) is 0.494. The highest BCUT2D eigenvalue weighted by Crippen LogP contribution is 2.23. The zero-order chi connectivity index (χ0) is 13.8. The second-order valence-corrected chi connectivity index (χ2v) is 5.18. The predicted molar refractivity (Wildman–Crippen MR) is 73.5 cm³/mol. The molecule has 2 atom stereocenters. The number of carbonyl (C=O) groups is 1.